The highest BCUT2D eigenvalue weighted by molar-refractivity contribution is 5.57. The van der Waals surface area contributed by atoms with E-state index in [4.69, 9.17) is 0 Å². The third-order valence-corrected chi connectivity index (χ3v) is 2.60. The van der Waals surface area contributed by atoms with Crippen LogP contribution in [0.4, 0.5) is 10.1 Å². The molecular weight excluding hydrogens is 261 g/mol. The third-order valence-electron chi connectivity index (χ3n) is 2.60. The van der Waals surface area contributed by atoms with Gasteiger partial charge in [0.1, 0.15) is 5.82 Å². The van der Waals surface area contributed by atoms with Crippen molar-refractivity contribution in [3.05, 3.63) is 66.2 Å². The Kier molecular flexibility index (Phi) is 12.2. The van der Waals surface area contributed by atoms with E-state index >= 15 is 0 Å². The van der Waals surface area contributed by atoms with E-state index in [9.17, 15) is 4.39 Å². The highest BCUT2D eigenvalue weighted by Gasteiger charge is 2.06. The summed E-state index contributed by atoms with van der Waals surface area (Å²) in [6.45, 7) is 23.3. The number of benzene rings is 1. The molecule has 0 spiro atoms. The summed E-state index contributed by atoms with van der Waals surface area (Å²) >= 11 is 0. The number of hydrogen-bond donors (Lipinski definition) is 1. The highest BCUT2D eigenvalue weighted by atomic mass is 19.1. The van der Waals surface area contributed by atoms with Crippen LogP contribution in [0.25, 0.3) is 0 Å². The smallest absolute Gasteiger partial charge is 0.146 e. The molecular formula is C19H30FN. The molecule has 0 saturated heterocycles. The number of hydrogen-bond acceptors (Lipinski definition) is 1. The largest absolute Gasteiger partial charge is 0.353 e. The Hall–Kier alpha value is -1.83. The Balaban J connectivity index is 0. The highest BCUT2D eigenvalue weighted by Crippen LogP contribution is 2.21. The summed E-state index contributed by atoms with van der Waals surface area (Å²) in [4.78, 5) is 0. The fourth-order valence-electron chi connectivity index (χ4n) is 1.38. The molecule has 1 aromatic carbocycles. The lowest BCUT2D eigenvalue weighted by Gasteiger charge is -2.13. The van der Waals surface area contributed by atoms with Crippen molar-refractivity contribution in [2.45, 2.75) is 48.0 Å². The summed E-state index contributed by atoms with van der Waals surface area (Å²) in [5.41, 5.74) is 3.59. The Morgan fingerprint density at radius 1 is 1.10 bits per heavy atom. The molecule has 1 nitrogen and oxygen atoms in total. The van der Waals surface area contributed by atoms with E-state index in [0.717, 1.165) is 17.6 Å². The normalized spacial score (nSPS) is 8.52. The topological polar surface area (TPSA) is 12.0 Å². The van der Waals surface area contributed by atoms with Gasteiger partial charge in [0.25, 0.3) is 0 Å². The lowest BCUT2D eigenvalue weighted by Crippen LogP contribution is -2.03. The second-order valence-electron chi connectivity index (χ2n) is 4.03. The second-order valence-corrected chi connectivity index (χ2v) is 4.03. The molecule has 1 N–H and O–H groups in total. The van der Waals surface area contributed by atoms with Gasteiger partial charge < -0.3 is 5.32 Å². The van der Waals surface area contributed by atoms with Crippen molar-refractivity contribution in [1.82, 2.24) is 0 Å². The molecule has 0 fully saturated rings. The molecule has 0 saturated carbocycles. The zero-order valence-electron chi connectivity index (χ0n) is 14.4. The Labute approximate surface area is 130 Å². The van der Waals surface area contributed by atoms with Crippen molar-refractivity contribution in [1.29, 1.82) is 0 Å². The fraction of sp³-hybridized carbons (Fsp3) is 0.368. The minimum absolute atomic E-state index is 0.294. The molecule has 0 heterocycles. The van der Waals surface area contributed by atoms with Gasteiger partial charge in [-0.3, -0.25) is 0 Å². The Morgan fingerprint density at radius 3 is 2.05 bits per heavy atom. The lowest BCUT2D eigenvalue weighted by molar-refractivity contribution is 0.631. The van der Waals surface area contributed by atoms with Crippen molar-refractivity contribution in [2.24, 2.45) is 0 Å². The van der Waals surface area contributed by atoms with Crippen LogP contribution in [-0.4, -0.2) is 0 Å². The van der Waals surface area contributed by atoms with Gasteiger partial charge in [0.2, 0.25) is 0 Å². The van der Waals surface area contributed by atoms with E-state index in [1.165, 1.54) is 6.07 Å². The minimum atomic E-state index is -0.294. The second kappa shape index (κ2) is 12.0. The predicted molar refractivity (Wildman–Crippen MR) is 95.2 cm³/mol. The van der Waals surface area contributed by atoms with Crippen LogP contribution >= 0.6 is 0 Å². The first-order valence-electron chi connectivity index (χ1n) is 7.55. The zero-order chi connectivity index (χ0) is 17.0. The van der Waals surface area contributed by atoms with Gasteiger partial charge >= 0.3 is 0 Å². The van der Waals surface area contributed by atoms with Gasteiger partial charge in [-0.15, -0.1) is 0 Å². The number of rotatable bonds is 5. The Bertz CT molecular complexity index is 472. The molecule has 0 amide bonds. The Morgan fingerprint density at radius 2 is 1.62 bits per heavy atom. The molecule has 0 aliphatic rings. The quantitative estimate of drug-likeness (QED) is 0.611. The predicted octanol–water partition coefficient (Wildman–Crippen LogP) is 6.50. The number of halogens is 1. The number of nitrogens with one attached hydrogen (secondary N) is 1. The number of allylic oxidation sites excluding steroid dienone is 1. The van der Waals surface area contributed by atoms with E-state index in [2.05, 4.69) is 25.1 Å². The van der Waals surface area contributed by atoms with Crippen molar-refractivity contribution >= 4 is 5.69 Å². The first kappa shape index (κ1) is 21.5. The van der Waals surface area contributed by atoms with Gasteiger partial charge in [-0.2, -0.15) is 0 Å². The molecule has 0 aliphatic carbocycles. The summed E-state index contributed by atoms with van der Waals surface area (Å²) in [6, 6.07) is 5.01. The van der Waals surface area contributed by atoms with Crippen LogP contribution in [0.5, 0.6) is 0 Å². The molecule has 1 rings (SSSR count). The molecule has 118 valence electrons. The summed E-state index contributed by atoms with van der Waals surface area (Å²) in [7, 11) is 0. The van der Waals surface area contributed by atoms with Crippen molar-refractivity contribution in [3.63, 3.8) is 0 Å². The van der Waals surface area contributed by atoms with Crippen LogP contribution in [-0.2, 0) is 6.42 Å². The van der Waals surface area contributed by atoms with Crippen LogP contribution in [0.2, 0.25) is 0 Å². The SMILES string of the molecule is C=C(C)C(=C)C(=C)Nc1cc(CC)ccc1F.CC.CC. The molecule has 0 aromatic heterocycles. The zero-order valence-corrected chi connectivity index (χ0v) is 14.4. The fourth-order valence-corrected chi connectivity index (χ4v) is 1.38. The van der Waals surface area contributed by atoms with Crippen LogP contribution in [0.1, 0.15) is 47.1 Å². The first-order chi connectivity index (χ1) is 9.95. The van der Waals surface area contributed by atoms with Crippen molar-refractivity contribution < 1.29 is 4.39 Å². The summed E-state index contributed by atoms with van der Waals surface area (Å²) < 4.78 is 13.6. The van der Waals surface area contributed by atoms with Crippen molar-refractivity contribution in [3.8, 4) is 0 Å². The number of anilines is 1. The standard InChI is InChI=1S/C15H18FN.2C2H6/c1-6-13-7-8-14(16)15(9-13)17-12(5)11(4)10(2)3;2*1-2/h7-9,17H,2,4-6H2,1,3H3;2*1-2H3. The summed E-state index contributed by atoms with van der Waals surface area (Å²) in [5.74, 6) is -0.294. The first-order valence-corrected chi connectivity index (χ1v) is 7.55. The molecule has 21 heavy (non-hydrogen) atoms. The van der Waals surface area contributed by atoms with Gasteiger partial charge in [-0.1, -0.05) is 60.4 Å². The number of aryl methyl sites for hydroxylation is 1. The molecule has 0 atom stereocenters. The molecule has 0 aliphatic heterocycles. The third kappa shape index (κ3) is 7.50. The van der Waals surface area contributed by atoms with E-state index in [1.807, 2.05) is 41.5 Å². The maximum Gasteiger partial charge on any atom is 0.146 e. The average Bonchev–Trinajstić information content (AvgIpc) is 2.52. The van der Waals surface area contributed by atoms with Crippen LogP contribution < -0.4 is 5.32 Å². The van der Waals surface area contributed by atoms with Crippen molar-refractivity contribution in [2.75, 3.05) is 5.32 Å². The molecule has 0 radical (unpaired) electrons. The van der Waals surface area contributed by atoms with Gasteiger partial charge in [-0.25, -0.2) is 4.39 Å². The van der Waals surface area contributed by atoms with E-state index < -0.39 is 0 Å². The maximum absolute atomic E-state index is 13.6. The molecule has 2 heteroatoms. The van der Waals surface area contributed by atoms with Crippen LogP contribution in [0, 0.1) is 5.82 Å². The molecule has 0 bridgehead atoms. The van der Waals surface area contributed by atoms with Crippen LogP contribution in [0.15, 0.2) is 54.8 Å². The molecule has 1 aromatic rings. The molecule has 0 unspecified atom stereocenters. The van der Waals surface area contributed by atoms with E-state index in [0.29, 0.717) is 17.0 Å². The van der Waals surface area contributed by atoms with Gasteiger partial charge in [0.15, 0.2) is 0 Å². The lowest BCUT2D eigenvalue weighted by atomic mass is 10.1. The average molecular weight is 291 g/mol. The van der Waals surface area contributed by atoms with E-state index in [1.54, 1.807) is 12.1 Å². The van der Waals surface area contributed by atoms with Crippen LogP contribution in [0.3, 0.4) is 0 Å². The minimum Gasteiger partial charge on any atom is -0.353 e. The maximum atomic E-state index is 13.6. The van der Waals surface area contributed by atoms with Gasteiger partial charge in [-0.05, 0) is 42.2 Å². The van der Waals surface area contributed by atoms with Gasteiger partial charge in [0.05, 0.1) is 5.69 Å². The van der Waals surface area contributed by atoms with Gasteiger partial charge in [0, 0.05) is 5.70 Å². The summed E-state index contributed by atoms with van der Waals surface area (Å²) in [5, 5.41) is 2.94. The monoisotopic (exact) mass is 291 g/mol. The van der Waals surface area contributed by atoms with E-state index in [-0.39, 0.29) is 5.82 Å². The summed E-state index contributed by atoms with van der Waals surface area (Å²) in [6.07, 6.45) is 0.864.